The second kappa shape index (κ2) is 13.4. The van der Waals surface area contributed by atoms with Gasteiger partial charge in [0.15, 0.2) is 0 Å². The third-order valence-electron chi connectivity index (χ3n) is 9.06. The largest absolute Gasteiger partial charge is 0.508 e. The van der Waals surface area contributed by atoms with Crippen molar-refractivity contribution in [3.8, 4) is 5.75 Å². The van der Waals surface area contributed by atoms with E-state index in [1.54, 1.807) is 6.07 Å². The number of carbonyl (C=O) groups is 2. The summed E-state index contributed by atoms with van der Waals surface area (Å²) in [5, 5.41) is 19.3. The van der Waals surface area contributed by atoms with Crippen LogP contribution < -0.4 is 0 Å². The number of carbonyl (C=O) groups excluding carboxylic acids is 1. The van der Waals surface area contributed by atoms with Crippen molar-refractivity contribution >= 4 is 11.9 Å². The van der Waals surface area contributed by atoms with Gasteiger partial charge in [0.2, 0.25) is 0 Å². The van der Waals surface area contributed by atoms with Gasteiger partial charge < -0.3 is 20.0 Å². The van der Waals surface area contributed by atoms with Crippen molar-refractivity contribution in [1.82, 2.24) is 19.6 Å². The van der Waals surface area contributed by atoms with E-state index in [1.165, 1.54) is 19.4 Å². The quantitative estimate of drug-likeness (QED) is 0.447. The summed E-state index contributed by atoms with van der Waals surface area (Å²) in [6.45, 7) is 11.5. The molecule has 1 amide bonds. The molecule has 222 valence electrons. The molecule has 3 fully saturated rings. The summed E-state index contributed by atoms with van der Waals surface area (Å²) in [6, 6.07) is 16.3. The number of nitrogens with zero attached hydrogens (tertiary/aromatic N) is 4. The Kier molecular flexibility index (Phi) is 9.63. The molecule has 8 heteroatoms. The molecule has 3 aliphatic rings. The van der Waals surface area contributed by atoms with Gasteiger partial charge in [0.1, 0.15) is 5.75 Å². The molecular weight excluding hydrogens is 516 g/mol. The Morgan fingerprint density at radius 1 is 0.927 bits per heavy atom. The fraction of sp³-hybridized carbons (Fsp3) is 0.576. The number of piperazine rings is 1. The molecule has 5 rings (SSSR count). The highest BCUT2D eigenvalue weighted by atomic mass is 16.4. The zero-order chi connectivity index (χ0) is 28.9. The van der Waals surface area contributed by atoms with Crippen LogP contribution in [-0.4, -0.2) is 106 Å². The van der Waals surface area contributed by atoms with Crippen LogP contribution in [0.1, 0.15) is 73.5 Å². The van der Waals surface area contributed by atoms with E-state index in [9.17, 15) is 14.7 Å². The van der Waals surface area contributed by atoms with Crippen LogP contribution >= 0.6 is 0 Å². The molecule has 2 N–H and O–H groups in total. The Morgan fingerprint density at radius 2 is 1.68 bits per heavy atom. The van der Waals surface area contributed by atoms with Gasteiger partial charge >= 0.3 is 5.97 Å². The minimum absolute atomic E-state index is 0.0459. The normalized spacial score (nSPS) is 23.7. The van der Waals surface area contributed by atoms with Gasteiger partial charge in [-0.1, -0.05) is 24.3 Å². The number of hydrogen-bond acceptors (Lipinski definition) is 6. The summed E-state index contributed by atoms with van der Waals surface area (Å²) in [6.07, 6.45) is 4.40. The highest BCUT2D eigenvalue weighted by molar-refractivity contribution is 5.94. The lowest BCUT2D eigenvalue weighted by Gasteiger charge is -2.48. The number of aliphatic carboxylic acids is 1. The first-order valence-corrected chi connectivity index (χ1v) is 15.4. The summed E-state index contributed by atoms with van der Waals surface area (Å²) in [5.74, 6) is 0.399. The minimum atomic E-state index is -0.760. The van der Waals surface area contributed by atoms with Crippen LogP contribution in [-0.2, 0) is 4.79 Å². The number of carboxylic acids is 1. The fourth-order valence-electron chi connectivity index (χ4n) is 6.62. The second-order valence-corrected chi connectivity index (χ2v) is 12.4. The van der Waals surface area contributed by atoms with Gasteiger partial charge in [-0.15, -0.1) is 0 Å². The van der Waals surface area contributed by atoms with Crippen molar-refractivity contribution in [2.24, 2.45) is 5.92 Å². The van der Waals surface area contributed by atoms with E-state index >= 15 is 0 Å². The lowest BCUT2D eigenvalue weighted by molar-refractivity contribution is -0.137. The van der Waals surface area contributed by atoms with Crippen molar-refractivity contribution in [3.05, 3.63) is 65.2 Å². The molecule has 3 atom stereocenters. The molecule has 0 radical (unpaired) electrons. The van der Waals surface area contributed by atoms with Crippen LogP contribution in [0.4, 0.5) is 0 Å². The van der Waals surface area contributed by atoms with Gasteiger partial charge in [0, 0.05) is 63.3 Å². The third-order valence-corrected chi connectivity index (χ3v) is 9.06. The van der Waals surface area contributed by atoms with Gasteiger partial charge in [-0.3, -0.25) is 19.4 Å². The maximum atomic E-state index is 13.7. The summed E-state index contributed by atoms with van der Waals surface area (Å²) < 4.78 is 0. The first-order valence-electron chi connectivity index (χ1n) is 15.4. The monoisotopic (exact) mass is 562 g/mol. The summed E-state index contributed by atoms with van der Waals surface area (Å²) in [4.78, 5) is 34.0. The van der Waals surface area contributed by atoms with Crippen LogP contribution in [0.5, 0.6) is 5.75 Å². The van der Waals surface area contributed by atoms with Gasteiger partial charge in [0.25, 0.3) is 5.91 Å². The molecule has 0 bridgehead atoms. The van der Waals surface area contributed by atoms with E-state index in [1.807, 2.05) is 29.2 Å². The first kappa shape index (κ1) is 29.5. The molecule has 2 saturated heterocycles. The number of phenolic OH excluding ortho intramolecular Hbond substituents is 1. The predicted octanol–water partition coefficient (Wildman–Crippen LogP) is 4.30. The molecule has 0 spiro atoms. The van der Waals surface area contributed by atoms with E-state index in [4.69, 9.17) is 5.11 Å². The maximum Gasteiger partial charge on any atom is 0.303 e. The molecule has 41 heavy (non-hydrogen) atoms. The number of phenols is 1. The van der Waals surface area contributed by atoms with E-state index in [2.05, 4.69) is 46.7 Å². The predicted molar refractivity (Wildman–Crippen MR) is 160 cm³/mol. The van der Waals surface area contributed by atoms with Crippen molar-refractivity contribution in [3.63, 3.8) is 0 Å². The Labute approximate surface area is 244 Å². The number of hydrogen-bond donors (Lipinski definition) is 2. The standard InChI is InChI=1S/C33H46N4O4/c1-24-22-37(25(2)21-36(24)23-26-12-13-26)32(28-8-4-10-30(38)20-28)27-7-3-9-29(19-27)33(41)35-16-6-15-34(17-18-35)14-5-11-31(39)40/h3-4,7-10,19-20,24-26,32,38H,5-6,11-18,21-23H2,1-2H3,(H,39,40)/t24-,25+,32-/m1/s1. The third kappa shape index (κ3) is 7.67. The summed E-state index contributed by atoms with van der Waals surface area (Å²) in [7, 11) is 0. The minimum Gasteiger partial charge on any atom is -0.508 e. The van der Waals surface area contributed by atoms with Gasteiger partial charge in [-0.2, -0.15) is 0 Å². The number of aromatic hydroxyl groups is 1. The fourth-order valence-corrected chi connectivity index (χ4v) is 6.62. The molecule has 1 aliphatic carbocycles. The average Bonchev–Trinajstić information content (AvgIpc) is 3.79. The topological polar surface area (TPSA) is 87.6 Å². The molecule has 2 aromatic carbocycles. The highest BCUT2D eigenvalue weighted by Crippen LogP contribution is 2.37. The molecule has 0 aromatic heterocycles. The van der Waals surface area contributed by atoms with Crippen molar-refractivity contribution in [1.29, 1.82) is 0 Å². The molecule has 2 heterocycles. The Balaban J connectivity index is 1.34. The van der Waals surface area contributed by atoms with E-state index in [0.29, 0.717) is 37.2 Å². The lowest BCUT2D eigenvalue weighted by atomic mass is 9.92. The SMILES string of the molecule is C[C@@H]1CN([C@@H](c2cccc(O)c2)c2cccc(C(=O)N3CCCN(CCCC(=O)O)CC3)c2)[C@@H](C)CN1CC1CC1. The smallest absolute Gasteiger partial charge is 0.303 e. The van der Waals surface area contributed by atoms with Crippen molar-refractivity contribution < 1.29 is 19.8 Å². The summed E-state index contributed by atoms with van der Waals surface area (Å²) >= 11 is 0. The van der Waals surface area contributed by atoms with Crippen LogP contribution in [0.25, 0.3) is 0 Å². The Hall–Kier alpha value is -2.94. The molecule has 1 saturated carbocycles. The Morgan fingerprint density at radius 3 is 2.41 bits per heavy atom. The molecule has 2 aliphatic heterocycles. The number of benzene rings is 2. The number of rotatable bonds is 10. The second-order valence-electron chi connectivity index (χ2n) is 12.4. The van der Waals surface area contributed by atoms with Crippen LogP contribution in [0.2, 0.25) is 0 Å². The van der Waals surface area contributed by atoms with E-state index in [-0.39, 0.29) is 24.1 Å². The van der Waals surface area contributed by atoms with Crippen LogP contribution in [0.3, 0.4) is 0 Å². The molecule has 2 aromatic rings. The molecule has 8 nitrogen and oxygen atoms in total. The summed E-state index contributed by atoms with van der Waals surface area (Å²) in [5.41, 5.74) is 2.80. The zero-order valence-corrected chi connectivity index (χ0v) is 24.6. The van der Waals surface area contributed by atoms with E-state index < -0.39 is 5.97 Å². The lowest BCUT2D eigenvalue weighted by Crippen LogP contribution is -2.57. The number of amides is 1. The van der Waals surface area contributed by atoms with E-state index in [0.717, 1.165) is 56.2 Å². The van der Waals surface area contributed by atoms with Gasteiger partial charge in [-0.25, -0.2) is 0 Å². The van der Waals surface area contributed by atoms with Gasteiger partial charge in [0.05, 0.1) is 6.04 Å². The average molecular weight is 563 g/mol. The zero-order valence-electron chi connectivity index (χ0n) is 24.6. The first-order chi connectivity index (χ1) is 19.8. The van der Waals surface area contributed by atoms with Crippen LogP contribution in [0, 0.1) is 5.92 Å². The molecular formula is C33H46N4O4. The number of carboxylic acid groups (broad SMARTS) is 1. The maximum absolute atomic E-state index is 13.7. The van der Waals surface area contributed by atoms with Gasteiger partial charge in [-0.05, 0) is 93.9 Å². The van der Waals surface area contributed by atoms with Crippen molar-refractivity contribution in [2.75, 3.05) is 52.4 Å². The highest BCUT2D eigenvalue weighted by Gasteiger charge is 2.37. The van der Waals surface area contributed by atoms with Crippen molar-refractivity contribution in [2.45, 2.75) is 64.1 Å². The van der Waals surface area contributed by atoms with Crippen LogP contribution in [0.15, 0.2) is 48.5 Å². The Bertz CT molecular complexity index is 1200. The molecule has 0 unspecified atom stereocenters.